The molecule has 0 bridgehead atoms. The number of nitrogens with zero attached hydrogens (tertiary/aromatic N) is 3. The standard InChI is InChI=1S/C20H21ClFN3OS2/c1-24(2)10-11-25(20-23-17-8-3-14(21)13-18(17)28-20)19(26)9-12-27-16-6-4-15(22)5-7-16/h3-8,13H,9-12H2,1-2H3. The zero-order valence-electron chi connectivity index (χ0n) is 15.7. The number of halogens is 2. The zero-order valence-corrected chi connectivity index (χ0v) is 18.1. The van der Waals surface area contributed by atoms with Gasteiger partial charge in [0.1, 0.15) is 5.82 Å². The number of carbonyl (C=O) groups excluding carboxylic acids is 1. The highest BCUT2D eigenvalue weighted by Gasteiger charge is 2.20. The molecule has 8 heteroatoms. The van der Waals surface area contributed by atoms with Gasteiger partial charge in [0.15, 0.2) is 5.13 Å². The van der Waals surface area contributed by atoms with Gasteiger partial charge in [-0.2, -0.15) is 0 Å². The van der Waals surface area contributed by atoms with Gasteiger partial charge < -0.3 is 4.90 Å². The monoisotopic (exact) mass is 437 g/mol. The van der Waals surface area contributed by atoms with E-state index in [1.54, 1.807) is 34.9 Å². The molecular formula is C20H21ClFN3OS2. The molecule has 0 radical (unpaired) electrons. The number of likely N-dealkylation sites (N-methyl/N-ethyl adjacent to an activating group) is 1. The smallest absolute Gasteiger partial charge is 0.229 e. The summed E-state index contributed by atoms with van der Waals surface area (Å²) in [6.45, 7) is 1.31. The van der Waals surface area contributed by atoms with Crippen molar-refractivity contribution in [3.63, 3.8) is 0 Å². The predicted molar refractivity (Wildman–Crippen MR) is 117 cm³/mol. The Morgan fingerprint density at radius 2 is 1.93 bits per heavy atom. The molecule has 0 aliphatic carbocycles. The second-order valence-corrected chi connectivity index (χ2v) is 9.12. The maximum atomic E-state index is 13.0. The normalized spacial score (nSPS) is 11.3. The first-order valence-electron chi connectivity index (χ1n) is 8.82. The van der Waals surface area contributed by atoms with Crippen LogP contribution in [0, 0.1) is 5.82 Å². The molecule has 0 saturated carbocycles. The Morgan fingerprint density at radius 1 is 1.18 bits per heavy atom. The van der Waals surface area contributed by atoms with Crippen LogP contribution in [0.3, 0.4) is 0 Å². The fourth-order valence-corrected chi connectivity index (χ4v) is 4.68. The number of fused-ring (bicyclic) bond motifs is 1. The van der Waals surface area contributed by atoms with Crippen molar-refractivity contribution in [1.29, 1.82) is 0 Å². The Morgan fingerprint density at radius 3 is 2.64 bits per heavy atom. The first kappa shape index (κ1) is 21.0. The lowest BCUT2D eigenvalue weighted by Gasteiger charge is -2.22. The minimum atomic E-state index is -0.258. The number of aromatic nitrogens is 1. The number of carbonyl (C=O) groups is 1. The Labute approximate surface area is 177 Å². The number of rotatable bonds is 8. The van der Waals surface area contributed by atoms with Gasteiger partial charge in [0.05, 0.1) is 10.2 Å². The maximum absolute atomic E-state index is 13.0. The van der Waals surface area contributed by atoms with Gasteiger partial charge in [-0.1, -0.05) is 22.9 Å². The van der Waals surface area contributed by atoms with Crippen LogP contribution in [0.1, 0.15) is 6.42 Å². The van der Waals surface area contributed by atoms with Crippen LogP contribution in [0.4, 0.5) is 9.52 Å². The van der Waals surface area contributed by atoms with E-state index in [2.05, 4.69) is 4.98 Å². The van der Waals surface area contributed by atoms with Gasteiger partial charge in [-0.15, -0.1) is 11.8 Å². The Bertz CT molecular complexity index is 946. The van der Waals surface area contributed by atoms with E-state index < -0.39 is 0 Å². The summed E-state index contributed by atoms with van der Waals surface area (Å²) < 4.78 is 14.0. The topological polar surface area (TPSA) is 36.4 Å². The molecule has 1 heterocycles. The molecule has 0 unspecified atom stereocenters. The molecule has 28 heavy (non-hydrogen) atoms. The van der Waals surface area contributed by atoms with Gasteiger partial charge in [0.25, 0.3) is 0 Å². The van der Waals surface area contributed by atoms with Crippen LogP contribution >= 0.6 is 34.7 Å². The molecule has 3 aromatic rings. The number of benzene rings is 2. The predicted octanol–water partition coefficient (Wildman–Crippen LogP) is 5.17. The summed E-state index contributed by atoms with van der Waals surface area (Å²) in [7, 11) is 3.95. The van der Waals surface area contributed by atoms with E-state index in [1.165, 1.54) is 23.5 Å². The number of hydrogen-bond acceptors (Lipinski definition) is 5. The summed E-state index contributed by atoms with van der Waals surface area (Å²) in [4.78, 5) is 22.3. The van der Waals surface area contributed by atoms with E-state index in [0.29, 0.717) is 28.9 Å². The molecule has 1 aromatic heterocycles. The van der Waals surface area contributed by atoms with E-state index in [-0.39, 0.29) is 11.7 Å². The van der Waals surface area contributed by atoms with E-state index in [0.717, 1.165) is 21.7 Å². The average Bonchev–Trinajstić information content (AvgIpc) is 3.06. The van der Waals surface area contributed by atoms with Gasteiger partial charge in [0, 0.05) is 35.2 Å². The fraction of sp³-hybridized carbons (Fsp3) is 0.300. The SMILES string of the molecule is CN(C)CCN(C(=O)CCSc1ccc(F)cc1)c1nc2ccc(Cl)cc2s1. The average molecular weight is 438 g/mol. The number of thiazole rings is 1. The van der Waals surface area contributed by atoms with Crippen molar-refractivity contribution >= 4 is 56.0 Å². The molecule has 2 aromatic carbocycles. The third-order valence-electron chi connectivity index (χ3n) is 4.04. The van der Waals surface area contributed by atoms with Crippen LogP contribution in [0.15, 0.2) is 47.4 Å². The summed E-state index contributed by atoms with van der Waals surface area (Å²) in [5.74, 6) is 0.396. The molecule has 0 fully saturated rings. The van der Waals surface area contributed by atoms with E-state index in [9.17, 15) is 9.18 Å². The summed E-state index contributed by atoms with van der Waals surface area (Å²) in [6, 6.07) is 11.9. The van der Waals surface area contributed by atoms with E-state index >= 15 is 0 Å². The summed E-state index contributed by atoms with van der Waals surface area (Å²) >= 11 is 9.09. The Hall–Kier alpha value is -1.67. The van der Waals surface area contributed by atoms with E-state index in [1.807, 2.05) is 31.1 Å². The quantitative estimate of drug-likeness (QED) is 0.456. The second-order valence-electron chi connectivity index (χ2n) is 6.51. The molecule has 4 nitrogen and oxygen atoms in total. The molecule has 0 atom stereocenters. The van der Waals surface area contributed by atoms with Crippen LogP contribution in [-0.4, -0.2) is 48.7 Å². The molecule has 148 valence electrons. The molecule has 3 rings (SSSR count). The van der Waals surface area contributed by atoms with Crippen LogP contribution < -0.4 is 4.90 Å². The molecule has 0 spiro atoms. The molecule has 0 aliphatic rings. The first-order valence-corrected chi connectivity index (χ1v) is 11.0. The second kappa shape index (κ2) is 9.69. The summed E-state index contributed by atoms with van der Waals surface area (Å²) in [5.41, 5.74) is 0.841. The molecule has 0 saturated heterocycles. The van der Waals surface area contributed by atoms with Crippen LogP contribution in [0.2, 0.25) is 5.02 Å². The summed E-state index contributed by atoms with van der Waals surface area (Å²) in [6.07, 6.45) is 0.381. The highest BCUT2D eigenvalue weighted by Crippen LogP contribution is 2.31. The van der Waals surface area contributed by atoms with Crippen LogP contribution in [-0.2, 0) is 4.79 Å². The molecule has 1 amide bonds. The third kappa shape index (κ3) is 5.67. The number of amides is 1. The minimum absolute atomic E-state index is 0.0293. The van der Waals surface area contributed by atoms with Crippen molar-refractivity contribution < 1.29 is 9.18 Å². The molecular weight excluding hydrogens is 417 g/mol. The Balaban J connectivity index is 1.70. The lowest BCUT2D eigenvalue weighted by atomic mass is 10.3. The zero-order chi connectivity index (χ0) is 20.1. The van der Waals surface area contributed by atoms with Crippen molar-refractivity contribution in [3.8, 4) is 0 Å². The fourth-order valence-electron chi connectivity index (χ4n) is 2.55. The van der Waals surface area contributed by atoms with Gasteiger partial charge in [-0.25, -0.2) is 9.37 Å². The lowest BCUT2D eigenvalue weighted by molar-refractivity contribution is -0.118. The van der Waals surface area contributed by atoms with Gasteiger partial charge >= 0.3 is 0 Å². The minimum Gasteiger partial charge on any atom is -0.308 e. The lowest BCUT2D eigenvalue weighted by Crippen LogP contribution is -2.36. The highest BCUT2D eigenvalue weighted by molar-refractivity contribution is 7.99. The Kier molecular flexibility index (Phi) is 7.29. The third-order valence-corrected chi connectivity index (χ3v) is 6.33. The number of hydrogen-bond donors (Lipinski definition) is 0. The first-order chi connectivity index (χ1) is 13.4. The number of anilines is 1. The van der Waals surface area contributed by atoms with Crippen molar-refractivity contribution in [2.24, 2.45) is 0 Å². The maximum Gasteiger partial charge on any atom is 0.229 e. The number of thioether (sulfide) groups is 1. The van der Waals surface area contributed by atoms with Crippen molar-refractivity contribution in [2.45, 2.75) is 11.3 Å². The van der Waals surface area contributed by atoms with Crippen LogP contribution in [0.5, 0.6) is 0 Å². The highest BCUT2D eigenvalue weighted by atomic mass is 35.5. The van der Waals surface area contributed by atoms with Crippen molar-refractivity contribution in [3.05, 3.63) is 53.3 Å². The summed E-state index contributed by atoms with van der Waals surface area (Å²) in [5, 5.41) is 1.35. The van der Waals surface area contributed by atoms with Gasteiger partial charge in [-0.3, -0.25) is 9.69 Å². The largest absolute Gasteiger partial charge is 0.308 e. The van der Waals surface area contributed by atoms with E-state index in [4.69, 9.17) is 11.6 Å². The molecule has 0 aliphatic heterocycles. The van der Waals surface area contributed by atoms with Gasteiger partial charge in [0.2, 0.25) is 5.91 Å². The molecule has 0 N–H and O–H groups in total. The van der Waals surface area contributed by atoms with Gasteiger partial charge in [-0.05, 0) is 56.6 Å². The van der Waals surface area contributed by atoms with Crippen molar-refractivity contribution in [1.82, 2.24) is 9.88 Å². The van der Waals surface area contributed by atoms with Crippen LogP contribution in [0.25, 0.3) is 10.2 Å². The van der Waals surface area contributed by atoms with Crippen molar-refractivity contribution in [2.75, 3.05) is 37.8 Å².